The summed E-state index contributed by atoms with van der Waals surface area (Å²) >= 11 is 0. The minimum Gasteiger partial charge on any atom is -0.465 e. The number of sulfonamides is 1. The topological polar surface area (TPSA) is 63.7 Å². The van der Waals surface area contributed by atoms with Gasteiger partial charge >= 0.3 is 5.97 Å². The van der Waals surface area contributed by atoms with Gasteiger partial charge in [0.05, 0.1) is 11.5 Å². The molecular formula is C16H19NO4S. The van der Waals surface area contributed by atoms with Crippen molar-refractivity contribution < 1.29 is 17.9 Å². The van der Waals surface area contributed by atoms with Crippen molar-refractivity contribution in [3.8, 4) is 0 Å². The van der Waals surface area contributed by atoms with Crippen LogP contribution >= 0.6 is 0 Å². The van der Waals surface area contributed by atoms with E-state index in [0.717, 1.165) is 15.1 Å². The van der Waals surface area contributed by atoms with Crippen molar-refractivity contribution in [2.45, 2.75) is 18.7 Å². The Morgan fingerprint density at radius 3 is 2.41 bits per heavy atom. The highest BCUT2D eigenvalue weighted by molar-refractivity contribution is 7.89. The maximum Gasteiger partial charge on any atom is 0.321 e. The van der Waals surface area contributed by atoms with Crippen LogP contribution in [0.4, 0.5) is 0 Å². The van der Waals surface area contributed by atoms with E-state index in [-0.39, 0.29) is 24.6 Å². The molecular weight excluding hydrogens is 302 g/mol. The zero-order valence-electron chi connectivity index (χ0n) is 12.7. The molecule has 2 aromatic carbocycles. The van der Waals surface area contributed by atoms with Gasteiger partial charge in [-0.25, -0.2) is 8.42 Å². The molecule has 0 saturated heterocycles. The maximum atomic E-state index is 12.7. The Kier molecular flexibility index (Phi) is 5.15. The lowest BCUT2D eigenvalue weighted by Crippen LogP contribution is -2.36. The lowest BCUT2D eigenvalue weighted by atomic mass is 10.1. The van der Waals surface area contributed by atoms with E-state index < -0.39 is 16.0 Å². The molecule has 0 saturated carbocycles. The molecule has 0 amide bonds. The molecule has 0 atom stereocenters. The van der Waals surface area contributed by atoms with Crippen molar-refractivity contribution in [3.05, 3.63) is 42.5 Å². The molecule has 22 heavy (non-hydrogen) atoms. The van der Waals surface area contributed by atoms with E-state index in [1.165, 1.54) is 0 Å². The second-order valence-electron chi connectivity index (χ2n) is 4.75. The van der Waals surface area contributed by atoms with Crippen molar-refractivity contribution in [2.75, 3.05) is 19.7 Å². The first-order chi connectivity index (χ1) is 10.5. The monoisotopic (exact) mass is 321 g/mol. The molecule has 0 aromatic heterocycles. The molecule has 0 spiro atoms. The van der Waals surface area contributed by atoms with Crippen LogP contribution in [0.2, 0.25) is 0 Å². The third-order valence-corrected chi connectivity index (χ3v) is 5.24. The fourth-order valence-electron chi connectivity index (χ4n) is 2.19. The van der Waals surface area contributed by atoms with E-state index in [2.05, 4.69) is 0 Å². The van der Waals surface area contributed by atoms with Crippen LogP contribution < -0.4 is 0 Å². The van der Waals surface area contributed by atoms with Crippen LogP contribution in [0.1, 0.15) is 13.8 Å². The lowest BCUT2D eigenvalue weighted by Gasteiger charge is -2.19. The summed E-state index contributed by atoms with van der Waals surface area (Å²) in [6.45, 7) is 3.53. The number of hydrogen-bond donors (Lipinski definition) is 0. The Labute approximate surface area is 130 Å². The lowest BCUT2D eigenvalue weighted by molar-refractivity contribution is -0.143. The fraction of sp³-hybridized carbons (Fsp3) is 0.312. The second kappa shape index (κ2) is 6.89. The molecule has 0 heterocycles. The minimum atomic E-state index is -3.72. The highest BCUT2D eigenvalue weighted by Gasteiger charge is 2.25. The van der Waals surface area contributed by atoms with E-state index in [4.69, 9.17) is 4.74 Å². The van der Waals surface area contributed by atoms with E-state index in [1.54, 1.807) is 32.0 Å². The van der Waals surface area contributed by atoms with E-state index in [9.17, 15) is 13.2 Å². The molecule has 0 aliphatic rings. The number of hydrogen-bond acceptors (Lipinski definition) is 4. The summed E-state index contributed by atoms with van der Waals surface area (Å²) in [6.07, 6.45) is 0. The highest BCUT2D eigenvalue weighted by Crippen LogP contribution is 2.21. The third-order valence-electron chi connectivity index (χ3n) is 3.32. The largest absolute Gasteiger partial charge is 0.465 e. The molecule has 118 valence electrons. The first-order valence-electron chi connectivity index (χ1n) is 7.13. The number of fused-ring (bicyclic) bond motifs is 1. The third kappa shape index (κ3) is 3.45. The molecule has 2 aromatic rings. The van der Waals surface area contributed by atoms with E-state index in [1.807, 2.05) is 24.3 Å². The SMILES string of the molecule is CCOC(=O)CN(CC)S(=O)(=O)c1ccc2ccccc2c1. The zero-order chi connectivity index (χ0) is 16.2. The van der Waals surface area contributed by atoms with Crippen molar-refractivity contribution in [2.24, 2.45) is 0 Å². The van der Waals surface area contributed by atoms with Crippen LogP contribution in [-0.4, -0.2) is 38.4 Å². The average molecular weight is 321 g/mol. The van der Waals surface area contributed by atoms with Crippen molar-refractivity contribution in [3.63, 3.8) is 0 Å². The van der Waals surface area contributed by atoms with Crippen molar-refractivity contribution in [1.82, 2.24) is 4.31 Å². The molecule has 0 aliphatic carbocycles. The number of ether oxygens (including phenoxy) is 1. The second-order valence-corrected chi connectivity index (χ2v) is 6.68. The number of nitrogens with zero attached hydrogens (tertiary/aromatic N) is 1. The van der Waals surface area contributed by atoms with Gasteiger partial charge in [0.1, 0.15) is 6.54 Å². The van der Waals surface area contributed by atoms with Gasteiger partial charge in [-0.15, -0.1) is 0 Å². The fourth-order valence-corrected chi connectivity index (χ4v) is 3.62. The predicted molar refractivity (Wildman–Crippen MR) is 85.0 cm³/mol. The van der Waals surface area contributed by atoms with Crippen LogP contribution in [-0.2, 0) is 19.6 Å². The first kappa shape index (κ1) is 16.5. The number of carbonyl (C=O) groups is 1. The molecule has 6 heteroatoms. The minimum absolute atomic E-state index is 0.178. The molecule has 0 unspecified atom stereocenters. The number of esters is 1. The summed E-state index contributed by atoms with van der Waals surface area (Å²) in [5, 5.41) is 1.81. The maximum absolute atomic E-state index is 12.7. The van der Waals surface area contributed by atoms with Gasteiger partial charge in [-0.05, 0) is 29.8 Å². The molecule has 0 radical (unpaired) electrons. The summed E-state index contributed by atoms with van der Waals surface area (Å²) in [5.41, 5.74) is 0. The molecule has 0 N–H and O–H groups in total. The summed E-state index contributed by atoms with van der Waals surface area (Å²) in [6, 6.07) is 12.5. The summed E-state index contributed by atoms with van der Waals surface area (Å²) in [7, 11) is -3.72. The van der Waals surface area contributed by atoms with Gasteiger partial charge in [-0.3, -0.25) is 4.79 Å². The standard InChI is InChI=1S/C16H19NO4S/c1-3-17(12-16(18)21-4-2)22(19,20)15-10-9-13-7-5-6-8-14(13)11-15/h5-11H,3-4,12H2,1-2H3. The molecule has 0 bridgehead atoms. The van der Waals surface area contributed by atoms with Gasteiger partial charge in [-0.1, -0.05) is 37.3 Å². The highest BCUT2D eigenvalue weighted by atomic mass is 32.2. The van der Waals surface area contributed by atoms with Crippen LogP contribution in [0, 0.1) is 0 Å². The summed E-state index contributed by atoms with van der Waals surface area (Å²) in [4.78, 5) is 11.8. The Morgan fingerprint density at radius 2 is 1.77 bits per heavy atom. The zero-order valence-corrected chi connectivity index (χ0v) is 13.5. The average Bonchev–Trinajstić information content (AvgIpc) is 2.52. The molecule has 0 fully saturated rings. The predicted octanol–water partition coefficient (Wildman–Crippen LogP) is 2.41. The van der Waals surface area contributed by atoms with Gasteiger partial charge < -0.3 is 4.74 Å². The normalized spacial score (nSPS) is 11.8. The molecule has 0 aliphatic heterocycles. The van der Waals surface area contributed by atoms with Gasteiger partial charge in [0, 0.05) is 6.54 Å². The quantitative estimate of drug-likeness (QED) is 0.767. The van der Waals surface area contributed by atoms with Crippen LogP contribution in [0.25, 0.3) is 10.8 Å². The van der Waals surface area contributed by atoms with E-state index in [0.29, 0.717) is 0 Å². The Hall–Kier alpha value is -1.92. The number of rotatable bonds is 6. The van der Waals surface area contributed by atoms with Gasteiger partial charge in [0.15, 0.2) is 0 Å². The Balaban J connectivity index is 2.35. The Bertz CT molecular complexity index is 771. The summed E-state index contributed by atoms with van der Waals surface area (Å²) < 4.78 is 31.3. The number of likely N-dealkylation sites (N-methyl/N-ethyl adjacent to an activating group) is 1. The van der Waals surface area contributed by atoms with E-state index >= 15 is 0 Å². The van der Waals surface area contributed by atoms with Gasteiger partial charge in [0.25, 0.3) is 0 Å². The number of carbonyl (C=O) groups excluding carboxylic acids is 1. The molecule has 5 nitrogen and oxygen atoms in total. The van der Waals surface area contributed by atoms with Crippen molar-refractivity contribution in [1.29, 1.82) is 0 Å². The van der Waals surface area contributed by atoms with Crippen LogP contribution in [0.5, 0.6) is 0 Å². The molecule has 2 rings (SSSR count). The van der Waals surface area contributed by atoms with Crippen molar-refractivity contribution >= 4 is 26.8 Å². The Morgan fingerprint density at radius 1 is 1.09 bits per heavy atom. The van der Waals surface area contributed by atoms with Gasteiger partial charge in [-0.2, -0.15) is 4.31 Å². The number of benzene rings is 2. The summed E-state index contributed by atoms with van der Waals surface area (Å²) in [5.74, 6) is -0.547. The van der Waals surface area contributed by atoms with Crippen LogP contribution in [0.15, 0.2) is 47.4 Å². The smallest absolute Gasteiger partial charge is 0.321 e. The van der Waals surface area contributed by atoms with Crippen LogP contribution in [0.3, 0.4) is 0 Å². The first-order valence-corrected chi connectivity index (χ1v) is 8.57. The van der Waals surface area contributed by atoms with Gasteiger partial charge in [0.2, 0.25) is 10.0 Å².